The molecule has 0 saturated carbocycles. The zero-order valence-electron chi connectivity index (χ0n) is 28.0. The molecule has 1 N–H and O–H groups in total. The fraction of sp³-hybridized carbons (Fsp3) is 0.220. The van der Waals surface area contributed by atoms with E-state index in [1.807, 2.05) is 30.6 Å². The average molecular weight is 618 g/mol. The molecule has 47 heavy (non-hydrogen) atoms. The van der Waals surface area contributed by atoms with Crippen molar-refractivity contribution in [3.05, 3.63) is 120 Å². The number of fused-ring (bicyclic) bond motifs is 2. The van der Waals surface area contributed by atoms with Crippen LogP contribution in [0.15, 0.2) is 104 Å². The van der Waals surface area contributed by atoms with Crippen molar-refractivity contribution < 1.29 is 5.11 Å². The van der Waals surface area contributed by atoms with Gasteiger partial charge in [-0.15, -0.1) is 0 Å². The van der Waals surface area contributed by atoms with Gasteiger partial charge in [-0.05, 0) is 94.6 Å². The van der Waals surface area contributed by atoms with Crippen LogP contribution in [-0.4, -0.2) is 29.6 Å². The first kappa shape index (κ1) is 30.3. The third-order valence-electron chi connectivity index (χ3n) is 8.85. The number of pyridine rings is 3. The molecule has 0 aliphatic carbocycles. The Morgan fingerprint density at radius 1 is 0.660 bits per heavy atom. The molecule has 0 aliphatic heterocycles. The van der Waals surface area contributed by atoms with Crippen molar-refractivity contribution in [1.29, 1.82) is 0 Å². The Labute approximate surface area is 275 Å². The van der Waals surface area contributed by atoms with Crippen molar-refractivity contribution in [2.75, 3.05) is 0 Å². The van der Waals surface area contributed by atoms with Gasteiger partial charge in [0.25, 0.3) is 0 Å². The van der Waals surface area contributed by atoms with Gasteiger partial charge in [0.15, 0.2) is 5.82 Å². The van der Waals surface area contributed by atoms with E-state index in [4.69, 9.17) is 15.0 Å². The second-order valence-electron chi connectivity index (χ2n) is 14.4. The van der Waals surface area contributed by atoms with Gasteiger partial charge in [-0.2, -0.15) is 0 Å². The first-order valence-corrected chi connectivity index (χ1v) is 16.0. The van der Waals surface area contributed by atoms with Crippen LogP contribution in [0.3, 0.4) is 0 Å². The smallest absolute Gasteiger partial charge is 0.164 e. The number of imidazole rings is 1. The molecule has 7 rings (SSSR count). The molecule has 0 spiro atoms. The number of nitrogens with zero attached hydrogens (tertiary/aromatic N) is 5. The quantitative estimate of drug-likeness (QED) is 0.213. The van der Waals surface area contributed by atoms with E-state index in [0.29, 0.717) is 11.4 Å². The number of benzene rings is 3. The lowest BCUT2D eigenvalue weighted by atomic mass is 9.84. The summed E-state index contributed by atoms with van der Waals surface area (Å²) in [5.41, 5.74) is 11.6. The van der Waals surface area contributed by atoms with Crippen molar-refractivity contribution in [1.82, 2.24) is 24.5 Å². The lowest BCUT2D eigenvalue weighted by Gasteiger charge is -2.21. The minimum absolute atomic E-state index is 0.0250. The van der Waals surface area contributed by atoms with Gasteiger partial charge < -0.3 is 5.11 Å². The van der Waals surface area contributed by atoms with Crippen LogP contribution in [0, 0.1) is 6.92 Å². The molecule has 7 aromatic rings. The molecular formula is C41H39N5O. The van der Waals surface area contributed by atoms with E-state index in [-0.39, 0.29) is 16.6 Å². The summed E-state index contributed by atoms with van der Waals surface area (Å²) in [4.78, 5) is 19.1. The first-order valence-electron chi connectivity index (χ1n) is 16.0. The molecule has 234 valence electrons. The first-order chi connectivity index (χ1) is 22.4. The predicted molar refractivity (Wildman–Crippen MR) is 192 cm³/mol. The summed E-state index contributed by atoms with van der Waals surface area (Å²) in [7, 11) is 0. The van der Waals surface area contributed by atoms with Crippen molar-refractivity contribution in [3.63, 3.8) is 0 Å². The minimum Gasteiger partial charge on any atom is -0.506 e. The van der Waals surface area contributed by atoms with Crippen LogP contribution in [0.1, 0.15) is 58.2 Å². The molecular weight excluding hydrogens is 578 g/mol. The fourth-order valence-corrected chi connectivity index (χ4v) is 6.21. The zero-order chi connectivity index (χ0) is 33.1. The third kappa shape index (κ3) is 5.54. The average Bonchev–Trinajstić information content (AvgIpc) is 3.44. The van der Waals surface area contributed by atoms with Crippen LogP contribution in [0.4, 0.5) is 0 Å². The summed E-state index contributed by atoms with van der Waals surface area (Å²) in [5.74, 6) is 0.825. The topological polar surface area (TPSA) is 76.7 Å². The van der Waals surface area contributed by atoms with Crippen molar-refractivity contribution in [2.24, 2.45) is 0 Å². The maximum Gasteiger partial charge on any atom is 0.164 e. The van der Waals surface area contributed by atoms with E-state index in [1.165, 1.54) is 17.3 Å². The number of hydrogen-bond donors (Lipinski definition) is 1. The summed E-state index contributed by atoms with van der Waals surface area (Å²) in [6.07, 6.45) is 6.94. The van der Waals surface area contributed by atoms with Crippen molar-refractivity contribution in [3.8, 4) is 45.2 Å². The Balaban J connectivity index is 1.49. The van der Waals surface area contributed by atoms with Crippen LogP contribution in [0.25, 0.3) is 61.4 Å². The molecule has 0 atom stereocenters. The summed E-state index contributed by atoms with van der Waals surface area (Å²) in [5, 5.41) is 11.9. The summed E-state index contributed by atoms with van der Waals surface area (Å²) in [6, 6.07) is 27.5. The highest BCUT2D eigenvalue weighted by atomic mass is 16.3. The molecule has 0 saturated heterocycles. The number of rotatable bonds is 4. The normalized spacial score (nSPS) is 12.2. The highest BCUT2D eigenvalue weighted by Crippen LogP contribution is 2.39. The highest BCUT2D eigenvalue weighted by Gasteiger charge is 2.22. The molecule has 6 heteroatoms. The van der Waals surface area contributed by atoms with Gasteiger partial charge in [-0.3, -0.25) is 19.5 Å². The number of aryl methyl sites for hydroxylation is 1. The summed E-state index contributed by atoms with van der Waals surface area (Å²) >= 11 is 0. The molecule has 0 fully saturated rings. The Hall–Kier alpha value is -5.36. The van der Waals surface area contributed by atoms with Gasteiger partial charge in [0.1, 0.15) is 11.4 Å². The number of aromatic hydroxyl groups is 1. The molecule has 0 amide bonds. The Bertz CT molecular complexity index is 2290. The Morgan fingerprint density at radius 2 is 1.43 bits per heavy atom. The summed E-state index contributed by atoms with van der Waals surface area (Å²) in [6.45, 7) is 15.5. The zero-order valence-corrected chi connectivity index (χ0v) is 28.0. The van der Waals surface area contributed by atoms with E-state index in [2.05, 4.69) is 119 Å². The molecule has 6 nitrogen and oxygen atoms in total. The van der Waals surface area contributed by atoms with Gasteiger partial charge in [0.2, 0.25) is 0 Å². The number of aromatic nitrogens is 5. The van der Waals surface area contributed by atoms with E-state index < -0.39 is 0 Å². The van der Waals surface area contributed by atoms with Crippen LogP contribution < -0.4 is 0 Å². The standard InChI is InChI=1S/C41H39N5O/c1-25-19-27-20-29(41(5,6)7)22-33(37(27)44-23-25)26-15-18-43-34(21-26)39-45-38-32(31-16-17-42-24-36(31)47)9-8-10-35(38)46(39)30-13-11-28(12-14-30)40(2,3)4/h8-24,47H,1-7H3. The molecule has 0 bridgehead atoms. The van der Waals surface area contributed by atoms with E-state index >= 15 is 0 Å². The predicted octanol–water partition coefficient (Wildman–Crippen LogP) is 9.97. The second kappa shape index (κ2) is 11.2. The van der Waals surface area contributed by atoms with Gasteiger partial charge >= 0.3 is 0 Å². The largest absolute Gasteiger partial charge is 0.506 e. The van der Waals surface area contributed by atoms with Crippen molar-refractivity contribution >= 4 is 21.9 Å². The molecule has 0 unspecified atom stereocenters. The molecule has 0 aliphatic rings. The maximum absolute atomic E-state index is 10.8. The summed E-state index contributed by atoms with van der Waals surface area (Å²) < 4.78 is 2.17. The monoisotopic (exact) mass is 617 g/mol. The van der Waals surface area contributed by atoms with E-state index in [0.717, 1.165) is 55.6 Å². The molecule has 4 heterocycles. The second-order valence-corrected chi connectivity index (χ2v) is 14.4. The van der Waals surface area contributed by atoms with Crippen LogP contribution >= 0.6 is 0 Å². The van der Waals surface area contributed by atoms with Gasteiger partial charge in [-0.1, -0.05) is 65.8 Å². The Kier molecular flexibility index (Phi) is 7.20. The Morgan fingerprint density at radius 3 is 2.15 bits per heavy atom. The SMILES string of the molecule is Cc1cnc2c(-c3ccnc(-c4nc5c(-c6ccncc6O)cccc5n4-c4ccc(C(C)(C)C)cc4)c3)cc(C(C)(C)C)cc2c1. The van der Waals surface area contributed by atoms with E-state index in [9.17, 15) is 5.11 Å². The lowest BCUT2D eigenvalue weighted by Crippen LogP contribution is -2.11. The van der Waals surface area contributed by atoms with Crippen LogP contribution in [0.2, 0.25) is 0 Å². The number of hydrogen-bond acceptors (Lipinski definition) is 5. The van der Waals surface area contributed by atoms with Crippen molar-refractivity contribution in [2.45, 2.75) is 59.3 Å². The minimum atomic E-state index is -0.0370. The van der Waals surface area contributed by atoms with Gasteiger partial charge in [-0.25, -0.2) is 4.98 Å². The van der Waals surface area contributed by atoms with E-state index in [1.54, 1.807) is 6.20 Å². The molecule has 0 radical (unpaired) electrons. The maximum atomic E-state index is 10.8. The lowest BCUT2D eigenvalue weighted by molar-refractivity contribution is 0.475. The highest BCUT2D eigenvalue weighted by molar-refractivity contribution is 5.98. The molecule has 4 aromatic heterocycles. The van der Waals surface area contributed by atoms with Gasteiger partial charge in [0, 0.05) is 46.4 Å². The van der Waals surface area contributed by atoms with Crippen LogP contribution in [-0.2, 0) is 10.8 Å². The van der Waals surface area contributed by atoms with Crippen LogP contribution in [0.5, 0.6) is 5.75 Å². The number of para-hydroxylation sites is 1. The molecule has 3 aromatic carbocycles. The van der Waals surface area contributed by atoms with Gasteiger partial charge in [0.05, 0.1) is 22.7 Å². The fourth-order valence-electron chi connectivity index (χ4n) is 6.21. The third-order valence-corrected chi connectivity index (χ3v) is 8.85.